The molecule has 0 bridgehead atoms. The number of fused-ring (bicyclic) bond motifs is 2. The molecule has 3 aliphatic rings. The van der Waals surface area contributed by atoms with Crippen molar-refractivity contribution >= 4 is 46.6 Å². The van der Waals surface area contributed by atoms with E-state index < -0.39 is 0 Å². The molecule has 11 heteroatoms. The maximum absolute atomic E-state index is 13.7. The highest BCUT2D eigenvalue weighted by atomic mass is 16.2. The fourth-order valence-electron chi connectivity index (χ4n) is 8.57. The molecule has 324 valence electrons. The minimum atomic E-state index is -0.296. The number of amides is 3. The number of imide groups is 1. The molecule has 2 fully saturated rings. The summed E-state index contributed by atoms with van der Waals surface area (Å²) in [5.41, 5.74) is 9.18. The lowest BCUT2D eigenvalue weighted by Gasteiger charge is -2.33. The zero-order valence-electron chi connectivity index (χ0n) is 36.5. The summed E-state index contributed by atoms with van der Waals surface area (Å²) in [7, 11) is 1.87. The number of nitrogens with one attached hydrogen (secondary N) is 2. The number of carbonyl (C=O) groups excluding carboxylic acids is 3. The van der Waals surface area contributed by atoms with Crippen LogP contribution in [0.1, 0.15) is 74.6 Å². The Bertz CT molecular complexity index is 2900. The Hall–Kier alpha value is -7.44. The number of nitrogens with zero attached hydrogens (tertiary/aromatic N) is 6. The van der Waals surface area contributed by atoms with Crippen molar-refractivity contribution in [3.05, 3.63) is 154 Å². The normalized spacial score (nSPS) is 16.6. The lowest BCUT2D eigenvalue weighted by atomic mass is 9.90. The number of rotatable bonds is 9. The van der Waals surface area contributed by atoms with Gasteiger partial charge in [-0.05, 0) is 78.1 Å². The Morgan fingerprint density at radius 2 is 1.55 bits per heavy atom. The summed E-state index contributed by atoms with van der Waals surface area (Å²) in [4.78, 5) is 58.6. The number of aromatic nitrogens is 3. The van der Waals surface area contributed by atoms with Gasteiger partial charge in [-0.2, -0.15) is 0 Å². The van der Waals surface area contributed by atoms with Crippen LogP contribution in [-0.4, -0.2) is 100 Å². The molecule has 2 aromatic heterocycles. The summed E-state index contributed by atoms with van der Waals surface area (Å²) in [5, 5.41) is 6.71. The van der Waals surface area contributed by atoms with Gasteiger partial charge in [0.15, 0.2) is 5.82 Å². The summed E-state index contributed by atoms with van der Waals surface area (Å²) in [6.45, 7) is 6.58. The number of piperazine rings is 1. The van der Waals surface area contributed by atoms with Gasteiger partial charge in [0.1, 0.15) is 5.82 Å². The number of hydrogen-bond acceptors (Lipinski definition) is 9. The van der Waals surface area contributed by atoms with Crippen LogP contribution < -0.4 is 10.6 Å². The van der Waals surface area contributed by atoms with E-state index in [-0.39, 0.29) is 23.6 Å². The van der Waals surface area contributed by atoms with Crippen molar-refractivity contribution < 1.29 is 14.4 Å². The van der Waals surface area contributed by atoms with Crippen LogP contribution >= 0.6 is 0 Å². The van der Waals surface area contributed by atoms with Crippen LogP contribution in [0.15, 0.2) is 109 Å². The molecule has 2 saturated heterocycles. The second-order valence-corrected chi connectivity index (χ2v) is 16.6. The molecule has 3 amide bonds. The van der Waals surface area contributed by atoms with Crippen molar-refractivity contribution in [2.75, 3.05) is 58.2 Å². The van der Waals surface area contributed by atoms with E-state index in [1.807, 2.05) is 84.7 Å². The molecule has 3 aliphatic heterocycles. The zero-order chi connectivity index (χ0) is 44.5. The van der Waals surface area contributed by atoms with Crippen molar-refractivity contribution in [3.63, 3.8) is 0 Å². The van der Waals surface area contributed by atoms with Crippen LogP contribution in [0.4, 0.5) is 5.82 Å². The lowest BCUT2D eigenvalue weighted by molar-refractivity contribution is -0.134. The Kier molecular flexibility index (Phi) is 13.1. The molecule has 5 heterocycles. The number of benzene rings is 4. The van der Waals surface area contributed by atoms with Crippen LogP contribution in [0.5, 0.6) is 0 Å². The van der Waals surface area contributed by atoms with E-state index in [1.165, 1.54) is 0 Å². The summed E-state index contributed by atoms with van der Waals surface area (Å²) in [6, 6.07) is 33.9. The average Bonchev–Trinajstić information content (AvgIpc) is 3.35. The zero-order valence-corrected chi connectivity index (χ0v) is 36.5. The van der Waals surface area contributed by atoms with E-state index in [0.717, 1.165) is 107 Å². The van der Waals surface area contributed by atoms with Crippen LogP contribution in [0.2, 0.25) is 0 Å². The molecule has 6 aromatic rings. The third kappa shape index (κ3) is 10.5. The van der Waals surface area contributed by atoms with Crippen molar-refractivity contribution in [3.8, 4) is 35.1 Å². The van der Waals surface area contributed by atoms with Crippen LogP contribution in [-0.2, 0) is 22.6 Å². The van der Waals surface area contributed by atoms with E-state index in [1.54, 1.807) is 6.20 Å². The maximum atomic E-state index is 13.7. The minimum absolute atomic E-state index is 0.0177. The predicted molar refractivity (Wildman–Crippen MR) is 255 cm³/mol. The fraction of sp³-hybridized carbons (Fsp3) is 0.259. The standard InChI is InChI=1S/C54H50N8O3/c1-55-52-47-26-29-62(37-49(47)57-51(59-52)45-35-44-11-2-3-13-48(44)56-36-45)54(65)42-22-20-40(21-23-42)19-18-39-16-14-38(15-17-39)10-7-28-61-32-30-60(31-33-61)27-5-4-8-41-9-6-12-43(34-41)46-24-25-50(63)58-53(46)64/h2-3,6,9,11-23,34-36,46H,5,24-33,37H2,1H3,(H,55,57,59)(H,58,63,64)/b19-18+. The SMILES string of the molecule is CNc1nc(-c2cnc3ccccc3c2)nc2c1CCN(C(=O)c1ccc(/C=C/c3ccc(C#CCN4CCN(CCC#Cc5cccc(C6CCC(=O)NC6=O)c5)CC4)cc3)cc1)C2. The third-order valence-electron chi connectivity index (χ3n) is 12.3. The van der Waals surface area contributed by atoms with Crippen molar-refractivity contribution in [2.24, 2.45) is 0 Å². The van der Waals surface area contributed by atoms with Gasteiger partial charge >= 0.3 is 0 Å². The van der Waals surface area contributed by atoms with E-state index in [2.05, 4.69) is 91.6 Å². The number of carbonyl (C=O) groups is 3. The number of piperidine rings is 1. The topological polar surface area (TPSA) is 124 Å². The van der Waals surface area contributed by atoms with E-state index in [4.69, 9.17) is 9.97 Å². The molecule has 2 N–H and O–H groups in total. The summed E-state index contributed by atoms with van der Waals surface area (Å²) >= 11 is 0. The van der Waals surface area contributed by atoms with Gasteiger partial charge < -0.3 is 10.2 Å². The first-order valence-corrected chi connectivity index (χ1v) is 22.3. The summed E-state index contributed by atoms with van der Waals surface area (Å²) < 4.78 is 0. The predicted octanol–water partition coefficient (Wildman–Crippen LogP) is 7.03. The molecular formula is C54H50N8O3. The molecule has 1 unspecified atom stereocenters. The second kappa shape index (κ2) is 19.9. The number of hydrogen-bond donors (Lipinski definition) is 2. The molecule has 65 heavy (non-hydrogen) atoms. The molecule has 9 rings (SSSR count). The smallest absolute Gasteiger partial charge is 0.254 e. The maximum Gasteiger partial charge on any atom is 0.254 e. The van der Waals surface area contributed by atoms with Crippen LogP contribution in [0, 0.1) is 23.7 Å². The lowest BCUT2D eigenvalue weighted by Crippen LogP contribution is -2.46. The van der Waals surface area contributed by atoms with Gasteiger partial charge in [-0.3, -0.25) is 34.5 Å². The largest absolute Gasteiger partial charge is 0.373 e. The molecule has 0 aliphatic carbocycles. The molecule has 0 radical (unpaired) electrons. The Balaban J connectivity index is 0.717. The summed E-state index contributed by atoms with van der Waals surface area (Å²) in [6.07, 6.45) is 8.29. The first kappa shape index (κ1) is 42.8. The Morgan fingerprint density at radius 1 is 0.800 bits per heavy atom. The number of anilines is 1. The fourth-order valence-corrected chi connectivity index (χ4v) is 8.57. The average molecular weight is 859 g/mol. The van der Waals surface area contributed by atoms with Gasteiger partial charge in [0.25, 0.3) is 5.91 Å². The van der Waals surface area contributed by atoms with Crippen molar-refractivity contribution in [1.82, 2.24) is 35.0 Å². The molecule has 4 aromatic carbocycles. The monoisotopic (exact) mass is 858 g/mol. The summed E-state index contributed by atoms with van der Waals surface area (Å²) in [5.74, 6) is 13.9. The first-order chi connectivity index (χ1) is 31.8. The highest BCUT2D eigenvalue weighted by Gasteiger charge is 2.28. The number of para-hydroxylation sites is 1. The van der Waals surface area contributed by atoms with Gasteiger partial charge in [0.2, 0.25) is 11.8 Å². The highest BCUT2D eigenvalue weighted by Crippen LogP contribution is 2.29. The quantitative estimate of drug-likeness (QED) is 0.0897. The molecule has 1 atom stereocenters. The minimum Gasteiger partial charge on any atom is -0.373 e. The Labute approximate surface area is 380 Å². The van der Waals surface area contributed by atoms with E-state index >= 15 is 0 Å². The van der Waals surface area contributed by atoms with Crippen LogP contribution in [0.25, 0.3) is 34.4 Å². The first-order valence-electron chi connectivity index (χ1n) is 22.3. The molecule has 0 saturated carbocycles. The van der Waals surface area contributed by atoms with Gasteiger partial charge in [-0.15, -0.1) is 0 Å². The Morgan fingerprint density at radius 3 is 2.34 bits per heavy atom. The van der Waals surface area contributed by atoms with E-state index in [9.17, 15) is 14.4 Å². The van der Waals surface area contributed by atoms with Crippen molar-refractivity contribution in [2.45, 2.75) is 38.1 Å². The van der Waals surface area contributed by atoms with E-state index in [0.29, 0.717) is 43.7 Å². The van der Waals surface area contributed by atoms with Crippen LogP contribution in [0.3, 0.4) is 0 Å². The highest BCUT2D eigenvalue weighted by molar-refractivity contribution is 6.01. The second-order valence-electron chi connectivity index (χ2n) is 16.6. The molecule has 11 nitrogen and oxygen atoms in total. The molecular weight excluding hydrogens is 809 g/mol. The molecule has 0 spiro atoms. The van der Waals surface area contributed by atoms with Gasteiger partial charge in [-0.1, -0.05) is 90.4 Å². The van der Waals surface area contributed by atoms with Gasteiger partial charge in [-0.25, -0.2) is 9.97 Å². The van der Waals surface area contributed by atoms with Gasteiger partial charge in [0.05, 0.1) is 30.2 Å². The van der Waals surface area contributed by atoms with Crippen molar-refractivity contribution in [1.29, 1.82) is 0 Å². The van der Waals surface area contributed by atoms with Gasteiger partial charge in [0, 0.05) is 98.6 Å². The number of pyridine rings is 1. The third-order valence-corrected chi connectivity index (χ3v) is 12.3.